The van der Waals surface area contributed by atoms with Gasteiger partial charge in [-0.1, -0.05) is 42.5 Å². The van der Waals surface area contributed by atoms with E-state index in [2.05, 4.69) is 39.0 Å². The molecule has 0 spiro atoms. The highest BCUT2D eigenvalue weighted by molar-refractivity contribution is 6.06. The molecule has 2 aromatic carbocycles. The Balaban J connectivity index is 0.00000228. The molecular weight excluding hydrogens is 537 g/mol. The maximum Gasteiger partial charge on any atom is 0.270 e. The van der Waals surface area contributed by atoms with Crippen LogP contribution in [0.25, 0.3) is 0 Å². The van der Waals surface area contributed by atoms with Crippen LogP contribution in [0.2, 0.25) is 0 Å². The van der Waals surface area contributed by atoms with Gasteiger partial charge in [0.25, 0.3) is 11.6 Å². The van der Waals surface area contributed by atoms with Gasteiger partial charge in [-0.05, 0) is 30.7 Å². The van der Waals surface area contributed by atoms with Crippen molar-refractivity contribution in [1.29, 1.82) is 0 Å². The van der Waals surface area contributed by atoms with Gasteiger partial charge in [-0.15, -0.1) is 37.2 Å². The maximum absolute atomic E-state index is 13.5. The van der Waals surface area contributed by atoms with E-state index in [1.807, 2.05) is 19.1 Å². The Hall–Kier alpha value is -2.75. The Kier molecular flexibility index (Phi) is 13.5. The molecule has 1 aliphatic rings. The summed E-state index contributed by atoms with van der Waals surface area (Å²) in [7, 11) is 0. The van der Waals surface area contributed by atoms with Crippen LogP contribution in [0.1, 0.15) is 22.8 Å². The van der Waals surface area contributed by atoms with Gasteiger partial charge in [0.1, 0.15) is 5.82 Å². The monoisotopic (exact) mass is 567 g/mol. The van der Waals surface area contributed by atoms with Crippen LogP contribution in [0.15, 0.2) is 79.0 Å². The third-order valence-corrected chi connectivity index (χ3v) is 6.10. The molecule has 0 bridgehead atoms. The lowest BCUT2D eigenvalue weighted by Gasteiger charge is -2.38. The summed E-state index contributed by atoms with van der Waals surface area (Å²) in [4.78, 5) is 35.1. The number of non-ortho nitro benzene ring substituents is 1. The fraction of sp³-hybridized carbons (Fsp3) is 0.308. The summed E-state index contributed by atoms with van der Waals surface area (Å²) in [6.07, 6.45) is 1.65. The van der Waals surface area contributed by atoms with Gasteiger partial charge < -0.3 is 0 Å². The first kappa shape index (κ1) is 32.3. The molecule has 0 N–H and O–H groups in total. The van der Waals surface area contributed by atoms with Gasteiger partial charge >= 0.3 is 0 Å². The van der Waals surface area contributed by atoms with Crippen molar-refractivity contribution in [1.82, 2.24) is 14.8 Å². The van der Waals surface area contributed by atoms with E-state index in [-0.39, 0.29) is 60.4 Å². The lowest BCUT2D eigenvalue weighted by molar-refractivity contribution is -0.384. The van der Waals surface area contributed by atoms with Gasteiger partial charge in [-0.3, -0.25) is 29.6 Å². The van der Waals surface area contributed by atoms with Crippen LogP contribution in [0, 0.1) is 10.1 Å². The van der Waals surface area contributed by atoms with E-state index in [0.717, 1.165) is 32.7 Å². The molecule has 0 radical (unpaired) electrons. The topological polar surface area (TPSA) is 82.8 Å². The molecule has 0 aliphatic carbocycles. The SMILES string of the molecule is CC(CN1CCN(Cc2ccccc2)CC1)N(C(=O)c1cccc([N+](=O)[O-])c1)c1ccccn1.Cl.Cl.Cl. The molecule has 0 saturated carbocycles. The van der Waals surface area contributed by atoms with Crippen LogP contribution in [0.3, 0.4) is 0 Å². The number of nitro groups is 1. The van der Waals surface area contributed by atoms with Crippen molar-refractivity contribution in [3.05, 3.63) is 100 Å². The fourth-order valence-electron chi connectivity index (χ4n) is 4.34. The Morgan fingerprint density at radius 3 is 2.22 bits per heavy atom. The summed E-state index contributed by atoms with van der Waals surface area (Å²) in [6.45, 7) is 7.39. The van der Waals surface area contributed by atoms with E-state index in [9.17, 15) is 14.9 Å². The van der Waals surface area contributed by atoms with Gasteiger partial charge in [0, 0.05) is 69.2 Å². The molecule has 1 saturated heterocycles. The zero-order valence-electron chi connectivity index (χ0n) is 20.5. The van der Waals surface area contributed by atoms with E-state index in [0.29, 0.717) is 12.4 Å². The number of carbonyl (C=O) groups excluding carboxylic acids is 1. The number of halogens is 3. The molecule has 2 heterocycles. The quantitative estimate of drug-likeness (QED) is 0.277. The van der Waals surface area contributed by atoms with E-state index >= 15 is 0 Å². The number of pyridine rings is 1. The number of nitro benzene ring substituents is 1. The number of piperazine rings is 1. The zero-order valence-corrected chi connectivity index (χ0v) is 23.0. The lowest BCUT2D eigenvalue weighted by Crippen LogP contribution is -2.52. The smallest absolute Gasteiger partial charge is 0.270 e. The summed E-state index contributed by atoms with van der Waals surface area (Å²) in [5.74, 6) is 0.242. The molecule has 1 atom stereocenters. The molecule has 11 heteroatoms. The van der Waals surface area contributed by atoms with Gasteiger partial charge in [0.05, 0.1) is 4.92 Å². The number of aromatic nitrogens is 1. The highest BCUT2D eigenvalue weighted by atomic mass is 35.5. The number of nitrogens with zero attached hydrogens (tertiary/aromatic N) is 5. The lowest BCUT2D eigenvalue weighted by atomic mass is 10.1. The standard InChI is InChI=1S/C26H29N5O3.3ClH/c1-21(19-28-14-16-29(17-15-28)20-22-8-3-2-4-9-22)30(25-12-5-6-13-27-25)26(32)23-10-7-11-24(18-23)31(33)34;;;/h2-13,18,21H,14-17,19-20H2,1H3;3*1H. The molecule has 200 valence electrons. The number of anilines is 1. The molecule has 1 fully saturated rings. The van der Waals surface area contributed by atoms with E-state index in [1.165, 1.54) is 17.7 Å². The zero-order chi connectivity index (χ0) is 23.9. The van der Waals surface area contributed by atoms with Gasteiger partial charge in [0.15, 0.2) is 0 Å². The predicted molar refractivity (Wildman–Crippen MR) is 154 cm³/mol. The number of rotatable bonds is 8. The summed E-state index contributed by atoms with van der Waals surface area (Å²) in [5, 5.41) is 11.2. The van der Waals surface area contributed by atoms with E-state index in [4.69, 9.17) is 0 Å². The maximum atomic E-state index is 13.5. The third-order valence-electron chi connectivity index (χ3n) is 6.10. The van der Waals surface area contributed by atoms with Gasteiger partial charge in [0.2, 0.25) is 0 Å². The van der Waals surface area contributed by atoms with Crippen LogP contribution in [0.4, 0.5) is 11.5 Å². The first-order valence-electron chi connectivity index (χ1n) is 11.5. The molecule has 1 unspecified atom stereocenters. The molecule has 4 rings (SSSR count). The Morgan fingerprint density at radius 1 is 0.946 bits per heavy atom. The molecule has 8 nitrogen and oxygen atoms in total. The Morgan fingerprint density at radius 2 is 1.59 bits per heavy atom. The summed E-state index contributed by atoms with van der Waals surface area (Å²) < 4.78 is 0. The number of hydrogen-bond acceptors (Lipinski definition) is 6. The highest BCUT2D eigenvalue weighted by Crippen LogP contribution is 2.21. The normalized spacial score (nSPS) is 14.3. The van der Waals surface area contributed by atoms with E-state index in [1.54, 1.807) is 35.4 Å². The number of benzene rings is 2. The summed E-state index contributed by atoms with van der Waals surface area (Å²) >= 11 is 0. The minimum absolute atomic E-state index is 0. The third kappa shape index (κ3) is 8.66. The van der Waals surface area contributed by atoms with Gasteiger partial charge in [-0.25, -0.2) is 4.98 Å². The Bertz CT molecular complexity index is 1120. The minimum atomic E-state index is -0.486. The van der Waals surface area contributed by atoms with E-state index < -0.39 is 4.92 Å². The summed E-state index contributed by atoms with van der Waals surface area (Å²) in [6, 6.07) is 21.6. The van der Waals surface area contributed by atoms with Crippen LogP contribution < -0.4 is 4.90 Å². The largest absolute Gasteiger partial charge is 0.299 e. The predicted octanol–water partition coefficient (Wildman–Crippen LogP) is 5.11. The van der Waals surface area contributed by atoms with Crippen LogP contribution >= 0.6 is 37.2 Å². The van der Waals surface area contributed by atoms with Crippen molar-refractivity contribution in [3.8, 4) is 0 Å². The molecule has 1 amide bonds. The average Bonchev–Trinajstić information content (AvgIpc) is 2.86. The minimum Gasteiger partial charge on any atom is -0.299 e. The van der Waals surface area contributed by atoms with Gasteiger partial charge in [-0.2, -0.15) is 0 Å². The van der Waals surface area contributed by atoms with Crippen molar-refractivity contribution < 1.29 is 9.72 Å². The Labute approximate surface area is 236 Å². The van der Waals surface area contributed by atoms with Crippen molar-refractivity contribution in [2.24, 2.45) is 0 Å². The molecular formula is C26H32Cl3N5O3. The second kappa shape index (κ2) is 15.5. The number of amides is 1. The first-order chi connectivity index (χ1) is 16.5. The average molecular weight is 569 g/mol. The van der Waals surface area contributed by atoms with Crippen molar-refractivity contribution in [3.63, 3.8) is 0 Å². The van der Waals surface area contributed by atoms with Crippen LogP contribution in [-0.4, -0.2) is 64.4 Å². The molecule has 37 heavy (non-hydrogen) atoms. The van der Waals surface area contributed by atoms with Crippen LogP contribution in [-0.2, 0) is 6.54 Å². The number of carbonyl (C=O) groups is 1. The summed E-state index contributed by atoms with van der Waals surface area (Å²) in [5.41, 5.74) is 1.49. The first-order valence-corrected chi connectivity index (χ1v) is 11.5. The highest BCUT2D eigenvalue weighted by Gasteiger charge is 2.28. The second-order valence-corrected chi connectivity index (χ2v) is 8.58. The number of hydrogen-bond donors (Lipinski definition) is 0. The van der Waals surface area contributed by atoms with Crippen molar-refractivity contribution in [2.45, 2.75) is 19.5 Å². The molecule has 1 aliphatic heterocycles. The second-order valence-electron chi connectivity index (χ2n) is 8.58. The van der Waals surface area contributed by atoms with Crippen molar-refractivity contribution in [2.75, 3.05) is 37.6 Å². The molecule has 3 aromatic rings. The van der Waals surface area contributed by atoms with Crippen LogP contribution in [0.5, 0.6) is 0 Å². The fourth-order valence-corrected chi connectivity index (χ4v) is 4.34. The van der Waals surface area contributed by atoms with Crippen molar-refractivity contribution >= 4 is 54.6 Å². The molecule has 1 aromatic heterocycles.